The van der Waals surface area contributed by atoms with Crippen LogP contribution in [0.4, 0.5) is 11.4 Å². The molecular weight excluding hydrogens is 518 g/mol. The third kappa shape index (κ3) is 6.02. The minimum atomic E-state index is 0.450. The van der Waals surface area contributed by atoms with Crippen molar-refractivity contribution in [1.82, 2.24) is 24.8 Å². The second kappa shape index (κ2) is 11.9. The zero-order valence-electron chi connectivity index (χ0n) is 21.5. The van der Waals surface area contributed by atoms with E-state index in [1.807, 2.05) is 6.20 Å². The summed E-state index contributed by atoms with van der Waals surface area (Å²) >= 11 is 3.70. The summed E-state index contributed by atoms with van der Waals surface area (Å²) in [5.74, 6) is 0.853. The Kier molecular flexibility index (Phi) is 8.41. The Morgan fingerprint density at radius 2 is 1.89 bits per heavy atom. The number of anilines is 2. The first-order chi connectivity index (χ1) is 17.6. The van der Waals surface area contributed by atoms with Crippen LogP contribution in [0.25, 0.3) is 22.6 Å². The number of aromatic nitrogens is 3. The minimum Gasteiger partial charge on any atom is -0.380 e. The van der Waals surface area contributed by atoms with Crippen LogP contribution in [-0.2, 0) is 4.74 Å². The highest BCUT2D eigenvalue weighted by Crippen LogP contribution is 2.32. The monoisotopic (exact) mass is 555 g/mol. The molecular formula is C27H38BrN7O. The van der Waals surface area contributed by atoms with E-state index >= 15 is 0 Å². The van der Waals surface area contributed by atoms with Crippen molar-refractivity contribution in [2.75, 3.05) is 76.3 Å². The summed E-state index contributed by atoms with van der Waals surface area (Å²) in [5, 5.41) is 3.74. The summed E-state index contributed by atoms with van der Waals surface area (Å²) in [6.07, 6.45) is 5.30. The van der Waals surface area contributed by atoms with Crippen molar-refractivity contribution in [2.45, 2.75) is 32.2 Å². The van der Waals surface area contributed by atoms with E-state index in [-0.39, 0.29) is 0 Å². The number of ether oxygens (including phenoxy) is 1. The number of imidazole rings is 1. The Bertz CT molecular complexity index is 1130. The number of pyridine rings is 1. The lowest BCUT2D eigenvalue weighted by molar-refractivity contribution is 0.116. The lowest BCUT2D eigenvalue weighted by Gasteiger charge is -2.30. The van der Waals surface area contributed by atoms with Gasteiger partial charge < -0.3 is 24.8 Å². The predicted molar refractivity (Wildman–Crippen MR) is 151 cm³/mol. The average molecular weight is 557 g/mol. The number of nitrogens with zero attached hydrogens (tertiary/aromatic N) is 5. The first-order valence-electron chi connectivity index (χ1n) is 13.3. The molecule has 2 fully saturated rings. The van der Waals surface area contributed by atoms with Gasteiger partial charge in [0.1, 0.15) is 11.3 Å². The smallest absolute Gasteiger partial charge is 0.159 e. The molecule has 9 heteroatoms. The van der Waals surface area contributed by atoms with Gasteiger partial charge in [-0.2, -0.15) is 0 Å². The van der Waals surface area contributed by atoms with Crippen molar-refractivity contribution in [3.05, 3.63) is 34.9 Å². The van der Waals surface area contributed by atoms with Crippen LogP contribution in [0.5, 0.6) is 0 Å². The molecule has 0 spiro atoms. The third-order valence-electron chi connectivity index (χ3n) is 7.38. The lowest BCUT2D eigenvalue weighted by Crippen LogP contribution is -2.36. The zero-order chi connectivity index (χ0) is 24.9. The quantitative estimate of drug-likeness (QED) is 0.398. The van der Waals surface area contributed by atoms with E-state index in [0.29, 0.717) is 6.04 Å². The van der Waals surface area contributed by atoms with Gasteiger partial charge in [0.15, 0.2) is 5.65 Å². The third-order valence-corrected chi connectivity index (χ3v) is 7.99. The number of hydrogen-bond acceptors (Lipinski definition) is 7. The van der Waals surface area contributed by atoms with Gasteiger partial charge in [-0.25, -0.2) is 9.97 Å². The predicted octanol–water partition coefficient (Wildman–Crippen LogP) is 4.44. The molecule has 2 saturated heterocycles. The fraction of sp³-hybridized carbons (Fsp3) is 0.556. The molecule has 0 amide bonds. The molecule has 1 aromatic carbocycles. The SMILES string of the molecule is CCOCCN1CCCN(c2ccc(-c3nc4c(NC5CCN(C)CC5)c(Br)cnc4[nH]3)cc2)CC1. The molecule has 8 nitrogen and oxygen atoms in total. The molecule has 0 bridgehead atoms. The molecule has 194 valence electrons. The Morgan fingerprint density at radius 3 is 2.67 bits per heavy atom. The van der Waals surface area contributed by atoms with Crippen LogP contribution < -0.4 is 10.2 Å². The van der Waals surface area contributed by atoms with E-state index < -0.39 is 0 Å². The van der Waals surface area contributed by atoms with Gasteiger partial charge >= 0.3 is 0 Å². The van der Waals surface area contributed by atoms with Gasteiger partial charge in [0.25, 0.3) is 0 Å². The number of aromatic amines is 1. The van der Waals surface area contributed by atoms with E-state index in [1.165, 1.54) is 12.1 Å². The van der Waals surface area contributed by atoms with Gasteiger partial charge in [-0.3, -0.25) is 4.90 Å². The highest BCUT2D eigenvalue weighted by atomic mass is 79.9. The van der Waals surface area contributed by atoms with E-state index in [4.69, 9.17) is 9.72 Å². The summed E-state index contributed by atoms with van der Waals surface area (Å²) in [4.78, 5) is 20.4. The van der Waals surface area contributed by atoms with E-state index in [2.05, 4.69) is 84.2 Å². The molecule has 4 heterocycles. The average Bonchev–Trinajstić information content (AvgIpc) is 3.19. The molecule has 0 atom stereocenters. The van der Waals surface area contributed by atoms with Crippen molar-refractivity contribution < 1.29 is 4.74 Å². The number of H-pyrrole nitrogens is 1. The standard InChI is InChI=1S/C27H38BrN7O/c1-3-36-18-17-34-11-4-12-35(16-15-34)22-7-5-20(6-8-22)26-31-25-24(23(28)19-29-27(25)32-26)30-21-9-13-33(2)14-10-21/h5-8,19,21H,3-4,9-18H2,1-2H3,(H2,29,30,31,32). The number of likely N-dealkylation sites (tertiary alicyclic amines) is 1. The lowest BCUT2D eigenvalue weighted by atomic mass is 10.1. The van der Waals surface area contributed by atoms with Gasteiger partial charge in [0.05, 0.1) is 16.8 Å². The number of halogens is 1. The van der Waals surface area contributed by atoms with Crippen molar-refractivity contribution in [2.24, 2.45) is 0 Å². The first-order valence-corrected chi connectivity index (χ1v) is 14.0. The van der Waals surface area contributed by atoms with Crippen LogP contribution in [0.15, 0.2) is 34.9 Å². The Labute approximate surface area is 222 Å². The summed E-state index contributed by atoms with van der Waals surface area (Å²) < 4.78 is 6.50. The Balaban J connectivity index is 1.28. The van der Waals surface area contributed by atoms with Crippen molar-refractivity contribution in [3.8, 4) is 11.4 Å². The van der Waals surface area contributed by atoms with E-state index in [1.54, 1.807) is 0 Å². The summed E-state index contributed by atoms with van der Waals surface area (Å²) in [7, 11) is 2.19. The number of hydrogen-bond donors (Lipinski definition) is 2. The fourth-order valence-electron chi connectivity index (χ4n) is 5.18. The van der Waals surface area contributed by atoms with Gasteiger partial charge in [-0.1, -0.05) is 0 Å². The van der Waals surface area contributed by atoms with E-state index in [9.17, 15) is 0 Å². The van der Waals surface area contributed by atoms with Crippen LogP contribution in [0, 0.1) is 0 Å². The number of benzene rings is 1. The molecule has 0 saturated carbocycles. The maximum atomic E-state index is 5.54. The fourth-order valence-corrected chi connectivity index (χ4v) is 5.59. The number of piperidine rings is 1. The van der Waals surface area contributed by atoms with Gasteiger partial charge in [-0.15, -0.1) is 0 Å². The van der Waals surface area contributed by atoms with Gasteiger partial charge in [-0.05, 0) is 93.1 Å². The molecule has 5 rings (SSSR count). The first kappa shape index (κ1) is 25.4. The maximum absolute atomic E-state index is 5.54. The maximum Gasteiger partial charge on any atom is 0.159 e. The number of rotatable bonds is 8. The Morgan fingerprint density at radius 1 is 1.08 bits per heavy atom. The molecule has 0 aliphatic carbocycles. The summed E-state index contributed by atoms with van der Waals surface area (Å²) in [5.41, 5.74) is 5.08. The molecule has 2 aliphatic rings. The van der Waals surface area contributed by atoms with Gasteiger partial charge in [0.2, 0.25) is 0 Å². The second-order valence-corrected chi connectivity index (χ2v) is 10.8. The van der Waals surface area contributed by atoms with Crippen molar-refractivity contribution in [1.29, 1.82) is 0 Å². The second-order valence-electron chi connectivity index (χ2n) is 9.91. The zero-order valence-corrected chi connectivity index (χ0v) is 23.1. The largest absolute Gasteiger partial charge is 0.380 e. The molecule has 36 heavy (non-hydrogen) atoms. The van der Waals surface area contributed by atoms with E-state index in [0.717, 1.165) is 105 Å². The minimum absolute atomic E-state index is 0.450. The summed E-state index contributed by atoms with van der Waals surface area (Å²) in [6, 6.07) is 9.23. The highest BCUT2D eigenvalue weighted by molar-refractivity contribution is 9.10. The van der Waals surface area contributed by atoms with Crippen LogP contribution in [0.3, 0.4) is 0 Å². The molecule has 2 N–H and O–H groups in total. The van der Waals surface area contributed by atoms with Crippen molar-refractivity contribution >= 4 is 38.5 Å². The molecule has 0 radical (unpaired) electrons. The highest BCUT2D eigenvalue weighted by Gasteiger charge is 2.21. The van der Waals surface area contributed by atoms with Crippen LogP contribution in [-0.4, -0.2) is 96.9 Å². The molecule has 0 unspecified atom stereocenters. The summed E-state index contributed by atoms with van der Waals surface area (Å²) in [6.45, 7) is 11.3. The Hall–Kier alpha value is -2.20. The topological polar surface area (TPSA) is 72.6 Å². The van der Waals surface area contributed by atoms with Crippen LogP contribution in [0.2, 0.25) is 0 Å². The van der Waals surface area contributed by atoms with Crippen molar-refractivity contribution in [3.63, 3.8) is 0 Å². The van der Waals surface area contributed by atoms with Crippen LogP contribution in [0.1, 0.15) is 26.2 Å². The van der Waals surface area contributed by atoms with Gasteiger partial charge in [0, 0.05) is 56.3 Å². The van der Waals surface area contributed by atoms with Crippen LogP contribution >= 0.6 is 15.9 Å². The normalized spacial score (nSPS) is 18.6. The molecule has 2 aliphatic heterocycles. The molecule has 3 aromatic rings. The number of nitrogens with one attached hydrogen (secondary N) is 2. The molecule has 2 aromatic heterocycles. The number of fused-ring (bicyclic) bond motifs is 1.